The average molecular weight is 337 g/mol. The Bertz CT molecular complexity index is 577. The van der Waals surface area contributed by atoms with Gasteiger partial charge in [0.05, 0.1) is 12.2 Å². The molecule has 0 fully saturated rings. The molecule has 1 aromatic rings. The van der Waals surface area contributed by atoms with Crippen LogP contribution in [-0.4, -0.2) is 48.8 Å². The zero-order valence-corrected chi connectivity index (χ0v) is 13.8. The molecular weight excluding hydrogens is 314 g/mol. The van der Waals surface area contributed by atoms with Crippen LogP contribution >= 0.6 is 0 Å². The first kappa shape index (κ1) is 19.4. The number of urea groups is 1. The van der Waals surface area contributed by atoms with E-state index < -0.39 is 24.5 Å². The lowest BCUT2D eigenvalue weighted by molar-refractivity contribution is -0.123. The molecule has 24 heavy (non-hydrogen) atoms. The summed E-state index contributed by atoms with van der Waals surface area (Å²) >= 11 is 0. The number of ether oxygens (including phenoxy) is 1. The summed E-state index contributed by atoms with van der Waals surface area (Å²) in [6, 6.07) is 5.88. The first-order chi connectivity index (χ1) is 11.5. The Labute approximate surface area is 140 Å². The van der Waals surface area contributed by atoms with Gasteiger partial charge in [-0.15, -0.1) is 0 Å². The van der Waals surface area contributed by atoms with Crippen molar-refractivity contribution in [2.24, 2.45) is 0 Å². The second kappa shape index (κ2) is 10.2. The quantitative estimate of drug-likeness (QED) is 0.523. The van der Waals surface area contributed by atoms with Crippen LogP contribution in [0, 0.1) is 0 Å². The SMILES string of the molecule is CC[C@H](C)NC(=O)NC(=O)COC(=O)c1ccccc1NCCO. The largest absolute Gasteiger partial charge is 0.452 e. The van der Waals surface area contributed by atoms with Gasteiger partial charge in [-0.25, -0.2) is 9.59 Å². The Morgan fingerprint density at radius 2 is 1.96 bits per heavy atom. The van der Waals surface area contributed by atoms with Crippen molar-refractivity contribution in [2.45, 2.75) is 26.3 Å². The minimum atomic E-state index is -0.718. The van der Waals surface area contributed by atoms with E-state index in [1.807, 2.05) is 6.92 Å². The molecule has 0 aromatic heterocycles. The third kappa shape index (κ3) is 6.66. The molecule has 0 aliphatic rings. The molecule has 132 valence electrons. The van der Waals surface area contributed by atoms with Gasteiger partial charge in [0.25, 0.3) is 5.91 Å². The summed E-state index contributed by atoms with van der Waals surface area (Å²) in [6.45, 7) is 3.33. The number of amides is 3. The molecule has 0 aliphatic heterocycles. The van der Waals surface area contributed by atoms with Crippen LogP contribution in [0.1, 0.15) is 30.6 Å². The number of aliphatic hydroxyl groups is 1. The minimum absolute atomic E-state index is 0.0650. The molecule has 3 amide bonds. The predicted molar refractivity (Wildman–Crippen MR) is 88.7 cm³/mol. The van der Waals surface area contributed by atoms with Crippen molar-refractivity contribution in [3.8, 4) is 0 Å². The smallest absolute Gasteiger partial charge is 0.340 e. The van der Waals surface area contributed by atoms with Crippen molar-refractivity contribution in [1.29, 1.82) is 0 Å². The van der Waals surface area contributed by atoms with Crippen molar-refractivity contribution in [3.05, 3.63) is 29.8 Å². The summed E-state index contributed by atoms with van der Waals surface area (Å²) in [6.07, 6.45) is 0.730. The molecule has 0 saturated carbocycles. The van der Waals surface area contributed by atoms with Crippen LogP contribution in [0.3, 0.4) is 0 Å². The molecule has 8 nitrogen and oxygen atoms in total. The first-order valence-electron chi connectivity index (χ1n) is 7.69. The first-order valence-corrected chi connectivity index (χ1v) is 7.69. The number of para-hydroxylation sites is 1. The van der Waals surface area contributed by atoms with Crippen molar-refractivity contribution in [2.75, 3.05) is 25.1 Å². The molecular formula is C16H23N3O5. The van der Waals surface area contributed by atoms with Crippen molar-refractivity contribution in [1.82, 2.24) is 10.6 Å². The topological polar surface area (TPSA) is 117 Å². The van der Waals surface area contributed by atoms with Gasteiger partial charge in [0, 0.05) is 18.3 Å². The Hall–Kier alpha value is -2.61. The molecule has 4 N–H and O–H groups in total. The molecule has 0 saturated heterocycles. The number of aliphatic hydroxyl groups excluding tert-OH is 1. The highest BCUT2D eigenvalue weighted by molar-refractivity contribution is 5.99. The van der Waals surface area contributed by atoms with Crippen molar-refractivity contribution in [3.63, 3.8) is 0 Å². The van der Waals surface area contributed by atoms with E-state index >= 15 is 0 Å². The lowest BCUT2D eigenvalue weighted by Crippen LogP contribution is -2.44. The standard InChI is InChI=1S/C16H23N3O5/c1-3-11(2)18-16(23)19-14(21)10-24-15(22)12-6-4-5-7-13(12)17-8-9-20/h4-7,11,17,20H,3,8-10H2,1-2H3,(H2,18,19,21,23)/t11-/m0/s1. The number of rotatable bonds is 8. The van der Waals surface area contributed by atoms with Gasteiger partial charge >= 0.3 is 12.0 Å². The van der Waals surface area contributed by atoms with Gasteiger partial charge in [-0.3, -0.25) is 10.1 Å². The number of anilines is 1. The highest BCUT2D eigenvalue weighted by atomic mass is 16.5. The van der Waals surface area contributed by atoms with E-state index in [4.69, 9.17) is 9.84 Å². The summed E-state index contributed by atoms with van der Waals surface area (Å²) in [7, 11) is 0. The summed E-state index contributed by atoms with van der Waals surface area (Å²) in [5, 5.41) is 16.4. The van der Waals surface area contributed by atoms with E-state index in [0.29, 0.717) is 5.69 Å². The fourth-order valence-electron chi connectivity index (χ4n) is 1.74. The lowest BCUT2D eigenvalue weighted by Gasteiger charge is -2.12. The van der Waals surface area contributed by atoms with E-state index in [-0.39, 0.29) is 24.8 Å². The summed E-state index contributed by atoms with van der Waals surface area (Å²) in [4.78, 5) is 35.1. The van der Waals surface area contributed by atoms with Crippen LogP contribution in [0.5, 0.6) is 0 Å². The monoisotopic (exact) mass is 337 g/mol. The summed E-state index contributed by atoms with van der Waals surface area (Å²) in [5.41, 5.74) is 0.731. The fourth-order valence-corrected chi connectivity index (χ4v) is 1.74. The average Bonchev–Trinajstić information content (AvgIpc) is 2.57. The van der Waals surface area contributed by atoms with E-state index in [0.717, 1.165) is 6.42 Å². The lowest BCUT2D eigenvalue weighted by atomic mass is 10.2. The van der Waals surface area contributed by atoms with Crippen LogP contribution in [-0.2, 0) is 9.53 Å². The molecule has 8 heteroatoms. The number of carbonyl (C=O) groups is 3. The third-order valence-electron chi connectivity index (χ3n) is 3.15. The van der Waals surface area contributed by atoms with Gasteiger partial charge in [-0.1, -0.05) is 19.1 Å². The number of hydrogen-bond acceptors (Lipinski definition) is 6. The highest BCUT2D eigenvalue weighted by Crippen LogP contribution is 2.15. The van der Waals surface area contributed by atoms with Gasteiger partial charge < -0.3 is 20.5 Å². The van der Waals surface area contributed by atoms with Crippen LogP contribution in [0.15, 0.2) is 24.3 Å². The van der Waals surface area contributed by atoms with E-state index in [1.165, 1.54) is 6.07 Å². The minimum Gasteiger partial charge on any atom is -0.452 e. The van der Waals surface area contributed by atoms with Crippen molar-refractivity contribution < 1.29 is 24.2 Å². The number of benzene rings is 1. The highest BCUT2D eigenvalue weighted by Gasteiger charge is 2.15. The fraction of sp³-hybridized carbons (Fsp3) is 0.438. The van der Waals surface area contributed by atoms with Gasteiger partial charge in [0.15, 0.2) is 6.61 Å². The maximum absolute atomic E-state index is 12.0. The van der Waals surface area contributed by atoms with Gasteiger partial charge in [0.2, 0.25) is 0 Å². The number of carbonyl (C=O) groups excluding carboxylic acids is 3. The molecule has 0 aliphatic carbocycles. The second-order valence-corrected chi connectivity index (χ2v) is 5.10. The summed E-state index contributed by atoms with van der Waals surface area (Å²) in [5.74, 6) is -1.42. The molecule has 0 bridgehead atoms. The Balaban J connectivity index is 2.51. The maximum atomic E-state index is 12.0. The number of imide groups is 1. The zero-order valence-electron chi connectivity index (χ0n) is 13.8. The maximum Gasteiger partial charge on any atom is 0.340 e. The molecule has 1 aromatic carbocycles. The van der Waals surface area contributed by atoms with E-state index in [9.17, 15) is 14.4 Å². The Kier molecular flexibility index (Phi) is 8.28. The number of hydrogen-bond donors (Lipinski definition) is 4. The van der Waals surface area contributed by atoms with Crippen molar-refractivity contribution >= 4 is 23.6 Å². The molecule has 0 heterocycles. The van der Waals surface area contributed by atoms with Crippen LogP contribution in [0.4, 0.5) is 10.5 Å². The van der Waals surface area contributed by atoms with E-state index in [2.05, 4.69) is 16.0 Å². The van der Waals surface area contributed by atoms with Gasteiger partial charge in [0.1, 0.15) is 0 Å². The summed E-state index contributed by atoms with van der Waals surface area (Å²) < 4.78 is 4.91. The zero-order chi connectivity index (χ0) is 17.9. The molecule has 0 spiro atoms. The molecule has 0 unspecified atom stereocenters. The Morgan fingerprint density at radius 1 is 1.25 bits per heavy atom. The van der Waals surface area contributed by atoms with Crippen LogP contribution < -0.4 is 16.0 Å². The number of nitrogens with one attached hydrogen (secondary N) is 3. The molecule has 1 atom stereocenters. The second-order valence-electron chi connectivity index (χ2n) is 5.10. The van der Waals surface area contributed by atoms with Crippen LogP contribution in [0.2, 0.25) is 0 Å². The predicted octanol–water partition coefficient (Wildman–Crippen LogP) is 0.872. The molecule has 0 radical (unpaired) electrons. The van der Waals surface area contributed by atoms with Gasteiger partial charge in [-0.2, -0.15) is 0 Å². The normalized spacial score (nSPS) is 11.3. The van der Waals surface area contributed by atoms with E-state index in [1.54, 1.807) is 25.1 Å². The third-order valence-corrected chi connectivity index (χ3v) is 3.15. The Morgan fingerprint density at radius 3 is 2.62 bits per heavy atom. The molecule has 1 rings (SSSR count). The van der Waals surface area contributed by atoms with Gasteiger partial charge in [-0.05, 0) is 25.5 Å². The number of esters is 1. The van der Waals surface area contributed by atoms with Crippen LogP contribution in [0.25, 0.3) is 0 Å².